The van der Waals surface area contributed by atoms with Gasteiger partial charge >= 0.3 is 5.97 Å². The summed E-state index contributed by atoms with van der Waals surface area (Å²) in [6.07, 6.45) is 3.63. The van der Waals surface area contributed by atoms with Crippen molar-refractivity contribution in [3.05, 3.63) is 76.2 Å². The molecule has 1 unspecified atom stereocenters. The molecule has 4 rings (SSSR count). The van der Waals surface area contributed by atoms with E-state index >= 15 is 0 Å². The van der Waals surface area contributed by atoms with Crippen molar-refractivity contribution < 1.29 is 22.9 Å². The maximum atomic E-state index is 12.3. The van der Waals surface area contributed by atoms with Crippen molar-refractivity contribution in [1.82, 2.24) is 0 Å². The van der Waals surface area contributed by atoms with Gasteiger partial charge in [0.25, 0.3) is 0 Å². The molecule has 6 nitrogen and oxygen atoms in total. The van der Waals surface area contributed by atoms with Crippen molar-refractivity contribution in [2.75, 3.05) is 12.5 Å². The number of furan rings is 1. The molecular weight excluding hydrogens is 506 g/mol. The number of para-hydroxylation sites is 1. The Morgan fingerprint density at radius 1 is 1.16 bits per heavy atom. The molecule has 0 aliphatic rings. The van der Waals surface area contributed by atoms with E-state index in [0.29, 0.717) is 19.0 Å². The van der Waals surface area contributed by atoms with Crippen LogP contribution in [-0.4, -0.2) is 33.6 Å². The van der Waals surface area contributed by atoms with Crippen molar-refractivity contribution in [2.45, 2.75) is 45.5 Å². The number of carbonyl (C=O) groups excluding carboxylic acids is 1. The van der Waals surface area contributed by atoms with Gasteiger partial charge < -0.3 is 13.9 Å². The molecule has 0 aliphatic carbocycles. The third-order valence-electron chi connectivity index (χ3n) is 5.64. The molecule has 1 atom stereocenters. The van der Waals surface area contributed by atoms with E-state index in [1.165, 1.54) is 0 Å². The second kappa shape index (κ2) is 11.9. The molecule has 0 aliphatic heterocycles. The van der Waals surface area contributed by atoms with Crippen molar-refractivity contribution in [3.63, 3.8) is 0 Å². The number of nitrogens with zero attached hydrogens (tertiary/aromatic N) is 1. The Balaban J connectivity index is 1.53. The molecule has 2 aromatic carbocycles. The largest absolute Gasteiger partial charge is 0.489 e. The maximum Gasteiger partial charge on any atom is 0.310 e. The van der Waals surface area contributed by atoms with Gasteiger partial charge in [-0.05, 0) is 74.5 Å². The summed E-state index contributed by atoms with van der Waals surface area (Å²) < 4.78 is 29.0. The maximum absolute atomic E-state index is 12.3. The van der Waals surface area contributed by atoms with Crippen LogP contribution >= 0.6 is 11.3 Å². The molecule has 0 amide bonds. The minimum atomic E-state index is -1.03. The summed E-state index contributed by atoms with van der Waals surface area (Å²) in [5.74, 6) is 0.664. The molecule has 2 aromatic heterocycles. The highest BCUT2D eigenvalue weighted by atomic mass is 32.2. The van der Waals surface area contributed by atoms with Gasteiger partial charge in [-0.25, -0.2) is 0 Å². The Labute approximate surface area is 223 Å². The molecule has 2 heterocycles. The SMILES string of the molecule is CCOC(=O)Cc1ccccc1OCc1cc(-c2csc(C=NCS(=O)C(C)(C)C)c2)c2occc2c1. The molecule has 0 fully saturated rings. The van der Waals surface area contributed by atoms with Gasteiger partial charge in [-0.1, -0.05) is 18.2 Å². The van der Waals surface area contributed by atoms with Gasteiger partial charge in [0.1, 0.15) is 23.8 Å². The minimum absolute atomic E-state index is 0.165. The summed E-state index contributed by atoms with van der Waals surface area (Å²) in [5, 5.41) is 3.05. The molecule has 0 bridgehead atoms. The first-order valence-corrected chi connectivity index (χ1v) is 14.3. The topological polar surface area (TPSA) is 78.1 Å². The zero-order chi connectivity index (χ0) is 26.4. The lowest BCUT2D eigenvalue weighted by molar-refractivity contribution is -0.142. The molecule has 8 heteroatoms. The second-order valence-corrected chi connectivity index (χ2v) is 12.6. The van der Waals surface area contributed by atoms with E-state index in [2.05, 4.69) is 22.5 Å². The Morgan fingerprint density at radius 2 is 1.97 bits per heavy atom. The first-order chi connectivity index (χ1) is 17.7. The lowest BCUT2D eigenvalue weighted by atomic mass is 10.0. The second-order valence-electron chi connectivity index (χ2n) is 9.50. The van der Waals surface area contributed by atoms with Crippen LogP contribution in [0.5, 0.6) is 5.75 Å². The highest BCUT2D eigenvalue weighted by Crippen LogP contribution is 2.34. The van der Waals surface area contributed by atoms with Gasteiger partial charge in [0.15, 0.2) is 0 Å². The summed E-state index contributed by atoms with van der Waals surface area (Å²) in [4.78, 5) is 17.4. The van der Waals surface area contributed by atoms with Crippen LogP contribution in [0.15, 0.2) is 69.6 Å². The van der Waals surface area contributed by atoms with E-state index in [1.54, 1.807) is 30.7 Å². The van der Waals surface area contributed by atoms with E-state index in [9.17, 15) is 9.00 Å². The first-order valence-electron chi connectivity index (χ1n) is 12.1. The minimum Gasteiger partial charge on any atom is -0.489 e. The van der Waals surface area contributed by atoms with Crippen LogP contribution in [0.1, 0.15) is 43.7 Å². The number of benzene rings is 2. The van der Waals surface area contributed by atoms with E-state index in [-0.39, 0.29) is 23.0 Å². The van der Waals surface area contributed by atoms with Crippen LogP contribution in [-0.2, 0) is 33.4 Å². The Morgan fingerprint density at radius 3 is 2.76 bits per heavy atom. The van der Waals surface area contributed by atoms with Gasteiger partial charge in [-0.3, -0.25) is 14.0 Å². The van der Waals surface area contributed by atoms with Gasteiger partial charge in [0.05, 0.1) is 19.3 Å². The molecule has 4 aromatic rings. The molecular formula is C29H31NO5S2. The number of ether oxygens (including phenoxy) is 2. The lowest BCUT2D eigenvalue weighted by Gasteiger charge is -2.15. The summed E-state index contributed by atoms with van der Waals surface area (Å²) in [5.41, 5.74) is 4.57. The predicted octanol–water partition coefficient (Wildman–Crippen LogP) is 6.77. The van der Waals surface area contributed by atoms with Crippen LogP contribution in [0.3, 0.4) is 0 Å². The summed E-state index contributed by atoms with van der Waals surface area (Å²) in [7, 11) is -1.03. The Hall–Kier alpha value is -3.23. The number of carbonyl (C=O) groups is 1. The van der Waals surface area contributed by atoms with E-state index < -0.39 is 10.8 Å². The van der Waals surface area contributed by atoms with E-state index in [0.717, 1.165) is 38.1 Å². The van der Waals surface area contributed by atoms with Crippen LogP contribution in [0.4, 0.5) is 0 Å². The van der Waals surface area contributed by atoms with Crippen molar-refractivity contribution >= 4 is 45.3 Å². The molecule has 194 valence electrons. The Kier molecular flexibility index (Phi) is 8.61. The monoisotopic (exact) mass is 537 g/mol. The zero-order valence-corrected chi connectivity index (χ0v) is 23.1. The number of hydrogen-bond donors (Lipinski definition) is 0. The van der Waals surface area contributed by atoms with Crippen LogP contribution < -0.4 is 4.74 Å². The average Bonchev–Trinajstić information content (AvgIpc) is 3.52. The Bertz CT molecular complexity index is 1430. The van der Waals surface area contributed by atoms with Crippen molar-refractivity contribution in [1.29, 1.82) is 0 Å². The summed E-state index contributed by atoms with van der Waals surface area (Å²) >= 11 is 1.58. The van der Waals surface area contributed by atoms with Crippen molar-refractivity contribution in [3.8, 4) is 16.9 Å². The first kappa shape index (κ1) is 26.8. The number of rotatable bonds is 10. The van der Waals surface area contributed by atoms with Gasteiger partial charge in [0, 0.05) is 43.2 Å². The predicted molar refractivity (Wildman–Crippen MR) is 151 cm³/mol. The van der Waals surface area contributed by atoms with E-state index in [4.69, 9.17) is 13.9 Å². The number of hydrogen-bond acceptors (Lipinski definition) is 7. The van der Waals surface area contributed by atoms with E-state index in [1.807, 2.05) is 57.2 Å². The quantitative estimate of drug-likeness (QED) is 0.165. The average molecular weight is 538 g/mol. The van der Waals surface area contributed by atoms with Crippen LogP contribution in [0, 0.1) is 0 Å². The third kappa shape index (κ3) is 6.96. The number of thiophene rings is 1. The third-order valence-corrected chi connectivity index (χ3v) is 8.26. The number of aliphatic imine (C=N–C) groups is 1. The number of fused-ring (bicyclic) bond motifs is 1. The zero-order valence-electron chi connectivity index (χ0n) is 21.5. The standard InChI is InChI=1S/C29H31NO5S2/c1-5-33-27(31)15-21-8-6-7-9-26(21)35-17-20-12-22-10-11-34-28(22)25(13-20)23-14-24(36-18-23)16-30-19-37(32)29(2,3)4/h6-14,16,18H,5,15,17,19H2,1-4H3. The van der Waals surface area contributed by atoms with Gasteiger partial charge in [0.2, 0.25) is 0 Å². The van der Waals surface area contributed by atoms with Gasteiger partial charge in [-0.2, -0.15) is 0 Å². The fourth-order valence-corrected chi connectivity index (χ4v) is 5.10. The molecule has 37 heavy (non-hydrogen) atoms. The highest BCUT2D eigenvalue weighted by Gasteiger charge is 2.18. The molecule has 0 spiro atoms. The molecule has 0 radical (unpaired) electrons. The smallest absolute Gasteiger partial charge is 0.310 e. The normalized spacial score (nSPS) is 12.8. The molecule has 0 N–H and O–H groups in total. The summed E-state index contributed by atoms with van der Waals surface area (Å²) in [6, 6.07) is 15.6. The van der Waals surface area contributed by atoms with Gasteiger partial charge in [-0.15, -0.1) is 11.3 Å². The fourth-order valence-electron chi connectivity index (χ4n) is 3.71. The van der Waals surface area contributed by atoms with Crippen LogP contribution in [0.2, 0.25) is 0 Å². The highest BCUT2D eigenvalue weighted by molar-refractivity contribution is 7.86. The molecule has 0 saturated heterocycles. The van der Waals surface area contributed by atoms with Crippen molar-refractivity contribution in [2.24, 2.45) is 4.99 Å². The van der Waals surface area contributed by atoms with Crippen LogP contribution in [0.25, 0.3) is 22.1 Å². The fraction of sp³-hybridized carbons (Fsp3) is 0.310. The summed E-state index contributed by atoms with van der Waals surface area (Å²) in [6.45, 7) is 8.33. The lowest BCUT2D eigenvalue weighted by Crippen LogP contribution is -2.23. The number of esters is 1. The molecule has 0 saturated carbocycles.